The molecule has 1 atom stereocenters. The molecule has 3 aromatic heterocycles. The average Bonchev–Trinajstić information content (AvgIpc) is 3.36. The highest BCUT2D eigenvalue weighted by atomic mass is 16.5. The minimum atomic E-state index is -0.136. The Morgan fingerprint density at radius 3 is 2.77 bits per heavy atom. The molecule has 156 valence electrons. The van der Waals surface area contributed by atoms with E-state index >= 15 is 0 Å². The lowest BCUT2D eigenvalue weighted by molar-refractivity contribution is -0.131. The van der Waals surface area contributed by atoms with Gasteiger partial charge in [0.05, 0.1) is 29.4 Å². The summed E-state index contributed by atoms with van der Waals surface area (Å²) in [5.74, 6) is 1.32. The molecule has 1 saturated heterocycles. The van der Waals surface area contributed by atoms with E-state index in [0.717, 1.165) is 41.1 Å². The maximum atomic E-state index is 13.1. The summed E-state index contributed by atoms with van der Waals surface area (Å²) in [5, 5.41) is 4.10. The zero-order valence-corrected chi connectivity index (χ0v) is 17.8. The van der Waals surface area contributed by atoms with E-state index in [4.69, 9.17) is 9.51 Å². The smallest absolute Gasteiger partial charge is 0.229 e. The molecule has 0 aliphatic carbocycles. The number of nitrogens with zero attached hydrogens (tertiary/aromatic N) is 6. The first-order valence-electron chi connectivity index (χ1n) is 10.1. The van der Waals surface area contributed by atoms with Crippen molar-refractivity contribution in [2.24, 2.45) is 0 Å². The second-order valence-corrected chi connectivity index (χ2v) is 7.83. The lowest BCUT2D eigenvalue weighted by atomic mass is 10.0. The summed E-state index contributed by atoms with van der Waals surface area (Å²) in [6.45, 7) is 4.59. The first kappa shape index (κ1) is 20.0. The van der Waals surface area contributed by atoms with Crippen LogP contribution in [0.4, 0.5) is 5.95 Å². The fourth-order valence-electron chi connectivity index (χ4n) is 3.80. The van der Waals surface area contributed by atoms with Crippen LogP contribution in [0, 0.1) is 13.8 Å². The van der Waals surface area contributed by atoms with E-state index in [0.29, 0.717) is 18.3 Å². The highest BCUT2D eigenvalue weighted by Gasteiger charge is 2.34. The Morgan fingerprint density at radius 1 is 1.27 bits per heavy atom. The molecule has 8 nitrogen and oxygen atoms in total. The SMILES string of the molecule is Cc1noc(-c2cnc(N(C)C)nc2C2CCCN2C(=O)Cc2ccccn2)c1C. The topological polar surface area (TPSA) is 88.3 Å². The lowest BCUT2D eigenvalue weighted by Crippen LogP contribution is -2.33. The zero-order chi connectivity index (χ0) is 21.3. The molecule has 0 bridgehead atoms. The summed E-state index contributed by atoms with van der Waals surface area (Å²) in [7, 11) is 3.81. The molecule has 1 aliphatic heterocycles. The number of anilines is 1. The maximum Gasteiger partial charge on any atom is 0.229 e. The van der Waals surface area contributed by atoms with Crippen molar-refractivity contribution in [3.8, 4) is 11.3 Å². The third kappa shape index (κ3) is 3.77. The van der Waals surface area contributed by atoms with Crippen molar-refractivity contribution in [2.45, 2.75) is 39.2 Å². The molecule has 1 fully saturated rings. The van der Waals surface area contributed by atoms with E-state index in [2.05, 4.69) is 15.1 Å². The third-order valence-electron chi connectivity index (χ3n) is 5.55. The average molecular weight is 406 g/mol. The first-order valence-corrected chi connectivity index (χ1v) is 10.1. The van der Waals surface area contributed by atoms with Crippen LogP contribution in [0.15, 0.2) is 35.1 Å². The standard InChI is InChI=1S/C22H26N6O2/c1-14-15(2)26-30-21(14)17-13-24-22(27(3)4)25-20(17)18-9-7-11-28(18)19(29)12-16-8-5-6-10-23-16/h5-6,8,10,13,18H,7,9,11-12H2,1-4H3. The number of hydrogen-bond acceptors (Lipinski definition) is 7. The van der Waals surface area contributed by atoms with E-state index in [1.54, 1.807) is 12.4 Å². The first-order chi connectivity index (χ1) is 14.5. The van der Waals surface area contributed by atoms with Gasteiger partial charge in [-0.1, -0.05) is 11.2 Å². The Bertz CT molecular complexity index is 1050. The van der Waals surface area contributed by atoms with Crippen molar-refractivity contribution in [3.63, 3.8) is 0 Å². The van der Waals surface area contributed by atoms with Crippen molar-refractivity contribution in [2.75, 3.05) is 25.5 Å². The molecule has 3 aromatic rings. The van der Waals surface area contributed by atoms with Crippen LogP contribution < -0.4 is 4.90 Å². The van der Waals surface area contributed by atoms with E-state index in [9.17, 15) is 4.79 Å². The number of amides is 1. The summed E-state index contributed by atoms with van der Waals surface area (Å²) in [6.07, 6.45) is 5.54. The predicted octanol–water partition coefficient (Wildman–Crippen LogP) is 3.12. The van der Waals surface area contributed by atoms with Crippen molar-refractivity contribution in [1.82, 2.24) is 25.0 Å². The molecule has 1 aliphatic rings. The monoisotopic (exact) mass is 406 g/mol. The van der Waals surface area contributed by atoms with Gasteiger partial charge >= 0.3 is 0 Å². The van der Waals surface area contributed by atoms with E-state index in [1.165, 1.54) is 0 Å². The van der Waals surface area contributed by atoms with Gasteiger partial charge in [-0.2, -0.15) is 0 Å². The number of carbonyl (C=O) groups is 1. The van der Waals surface area contributed by atoms with Crippen LogP contribution in [0.1, 0.15) is 41.5 Å². The van der Waals surface area contributed by atoms with Crippen molar-refractivity contribution < 1.29 is 9.32 Å². The van der Waals surface area contributed by atoms with Crippen LogP contribution in [0.3, 0.4) is 0 Å². The second kappa shape index (κ2) is 8.22. The number of carbonyl (C=O) groups excluding carboxylic acids is 1. The van der Waals surface area contributed by atoms with E-state index < -0.39 is 0 Å². The number of pyridine rings is 1. The number of aryl methyl sites for hydroxylation is 1. The van der Waals surface area contributed by atoms with Crippen molar-refractivity contribution >= 4 is 11.9 Å². The van der Waals surface area contributed by atoms with Gasteiger partial charge in [0.15, 0.2) is 5.76 Å². The molecular weight excluding hydrogens is 380 g/mol. The van der Waals surface area contributed by atoms with Crippen LogP contribution in [0.25, 0.3) is 11.3 Å². The van der Waals surface area contributed by atoms with Crippen LogP contribution in [0.5, 0.6) is 0 Å². The molecule has 0 radical (unpaired) electrons. The normalized spacial score (nSPS) is 16.1. The molecular formula is C22H26N6O2. The molecule has 4 rings (SSSR count). The minimum Gasteiger partial charge on any atom is -0.356 e. The summed E-state index contributed by atoms with van der Waals surface area (Å²) >= 11 is 0. The summed E-state index contributed by atoms with van der Waals surface area (Å²) < 4.78 is 5.62. The highest BCUT2D eigenvalue weighted by molar-refractivity contribution is 5.79. The van der Waals surface area contributed by atoms with Gasteiger partial charge in [0, 0.05) is 44.3 Å². The van der Waals surface area contributed by atoms with Gasteiger partial charge in [-0.15, -0.1) is 0 Å². The van der Waals surface area contributed by atoms with E-state index in [1.807, 2.05) is 55.9 Å². The number of hydrogen-bond donors (Lipinski definition) is 0. The lowest BCUT2D eigenvalue weighted by Gasteiger charge is -2.26. The quantitative estimate of drug-likeness (QED) is 0.643. The van der Waals surface area contributed by atoms with Gasteiger partial charge in [0.2, 0.25) is 11.9 Å². The molecule has 0 N–H and O–H groups in total. The Hall–Kier alpha value is -3.29. The van der Waals surface area contributed by atoms with Gasteiger partial charge in [-0.3, -0.25) is 9.78 Å². The predicted molar refractivity (Wildman–Crippen MR) is 113 cm³/mol. The molecule has 1 unspecified atom stereocenters. The van der Waals surface area contributed by atoms with Gasteiger partial charge in [0.1, 0.15) is 0 Å². The van der Waals surface area contributed by atoms with E-state index in [-0.39, 0.29) is 18.4 Å². The summed E-state index contributed by atoms with van der Waals surface area (Å²) in [5.41, 5.74) is 4.16. The highest BCUT2D eigenvalue weighted by Crippen LogP contribution is 2.38. The Labute approximate surface area is 175 Å². The number of rotatable bonds is 5. The third-order valence-corrected chi connectivity index (χ3v) is 5.55. The van der Waals surface area contributed by atoms with Gasteiger partial charge in [-0.05, 0) is 38.8 Å². The van der Waals surface area contributed by atoms with Gasteiger partial charge in [0.25, 0.3) is 0 Å². The molecule has 0 spiro atoms. The maximum absolute atomic E-state index is 13.1. The fourth-order valence-corrected chi connectivity index (χ4v) is 3.80. The molecule has 1 amide bonds. The van der Waals surface area contributed by atoms with Crippen molar-refractivity contribution in [1.29, 1.82) is 0 Å². The Kier molecular flexibility index (Phi) is 5.48. The largest absolute Gasteiger partial charge is 0.356 e. The van der Waals surface area contributed by atoms with Gasteiger partial charge in [-0.25, -0.2) is 9.97 Å². The second-order valence-electron chi connectivity index (χ2n) is 7.83. The number of aromatic nitrogens is 4. The van der Waals surface area contributed by atoms with Crippen LogP contribution >= 0.6 is 0 Å². The number of likely N-dealkylation sites (tertiary alicyclic amines) is 1. The van der Waals surface area contributed by atoms with Crippen molar-refractivity contribution in [3.05, 3.63) is 53.2 Å². The van der Waals surface area contributed by atoms with Gasteiger partial charge < -0.3 is 14.3 Å². The molecule has 30 heavy (non-hydrogen) atoms. The van der Waals surface area contributed by atoms with Crippen LogP contribution in [0.2, 0.25) is 0 Å². The molecule has 8 heteroatoms. The minimum absolute atomic E-state index is 0.0534. The Morgan fingerprint density at radius 2 is 2.10 bits per heavy atom. The zero-order valence-electron chi connectivity index (χ0n) is 17.8. The van der Waals surface area contributed by atoms with Crippen LogP contribution in [-0.4, -0.2) is 51.6 Å². The summed E-state index contributed by atoms with van der Waals surface area (Å²) in [4.78, 5) is 30.5. The van der Waals surface area contributed by atoms with Crippen LogP contribution in [-0.2, 0) is 11.2 Å². The summed E-state index contributed by atoms with van der Waals surface area (Å²) in [6, 6.07) is 5.49. The molecule has 0 saturated carbocycles. The Balaban J connectivity index is 1.72. The fraction of sp³-hybridized carbons (Fsp3) is 0.409. The molecule has 0 aromatic carbocycles. The molecule has 4 heterocycles.